The molecular weight excluding hydrogens is 442 g/mol. The smallest absolute Gasteiger partial charge is 0.300 e. The number of aliphatic hydroxyl groups is 1. The molecular formula is C29H29NO5. The van der Waals surface area contributed by atoms with E-state index < -0.39 is 17.7 Å². The van der Waals surface area contributed by atoms with Gasteiger partial charge in [-0.05, 0) is 40.8 Å². The van der Waals surface area contributed by atoms with Crippen LogP contribution in [-0.2, 0) is 15.0 Å². The van der Waals surface area contributed by atoms with E-state index in [-0.39, 0.29) is 16.7 Å². The van der Waals surface area contributed by atoms with E-state index in [4.69, 9.17) is 9.47 Å². The molecule has 1 saturated heterocycles. The average Bonchev–Trinajstić information content (AvgIpc) is 3.13. The van der Waals surface area contributed by atoms with Crippen molar-refractivity contribution < 1.29 is 24.2 Å². The van der Waals surface area contributed by atoms with Gasteiger partial charge in [-0.1, -0.05) is 63.2 Å². The lowest BCUT2D eigenvalue weighted by Gasteiger charge is -2.27. The van der Waals surface area contributed by atoms with E-state index in [2.05, 4.69) is 20.8 Å². The molecule has 6 nitrogen and oxygen atoms in total. The van der Waals surface area contributed by atoms with E-state index in [0.29, 0.717) is 28.3 Å². The van der Waals surface area contributed by atoms with Crippen LogP contribution >= 0.6 is 0 Å². The number of hydrogen-bond acceptors (Lipinski definition) is 5. The minimum atomic E-state index is -0.817. The lowest BCUT2D eigenvalue weighted by Crippen LogP contribution is -2.29. The Hall–Kier alpha value is -4.06. The number of benzene rings is 3. The molecule has 3 aromatic carbocycles. The number of rotatable bonds is 5. The highest BCUT2D eigenvalue weighted by Crippen LogP contribution is 2.43. The van der Waals surface area contributed by atoms with Crippen molar-refractivity contribution in [2.45, 2.75) is 32.2 Å². The van der Waals surface area contributed by atoms with Crippen molar-refractivity contribution in [1.29, 1.82) is 0 Å². The third-order valence-electron chi connectivity index (χ3n) is 6.21. The molecule has 35 heavy (non-hydrogen) atoms. The maximum Gasteiger partial charge on any atom is 0.300 e. The summed E-state index contributed by atoms with van der Waals surface area (Å²) in [5.74, 6) is -0.635. The number of carbonyl (C=O) groups excluding carboxylic acids is 2. The molecule has 1 aliphatic heterocycles. The molecule has 0 aliphatic carbocycles. The molecule has 1 atom stereocenters. The minimum Gasteiger partial charge on any atom is -0.507 e. The van der Waals surface area contributed by atoms with Crippen LogP contribution in [0, 0.1) is 0 Å². The summed E-state index contributed by atoms with van der Waals surface area (Å²) in [6.07, 6.45) is 0. The fourth-order valence-electron chi connectivity index (χ4n) is 4.27. The van der Waals surface area contributed by atoms with Gasteiger partial charge in [-0.25, -0.2) is 0 Å². The second-order valence-corrected chi connectivity index (χ2v) is 9.47. The second-order valence-electron chi connectivity index (χ2n) is 9.47. The van der Waals surface area contributed by atoms with Gasteiger partial charge in [-0.15, -0.1) is 0 Å². The highest BCUT2D eigenvalue weighted by molar-refractivity contribution is 6.51. The van der Waals surface area contributed by atoms with E-state index in [0.717, 1.165) is 5.56 Å². The van der Waals surface area contributed by atoms with Crippen molar-refractivity contribution in [1.82, 2.24) is 0 Å². The first-order valence-electron chi connectivity index (χ1n) is 11.4. The number of ketones is 1. The van der Waals surface area contributed by atoms with Crippen LogP contribution in [0.25, 0.3) is 5.76 Å². The van der Waals surface area contributed by atoms with E-state index >= 15 is 0 Å². The number of amides is 1. The Bertz CT molecular complexity index is 1300. The number of hydrogen-bond donors (Lipinski definition) is 1. The Morgan fingerprint density at radius 2 is 1.46 bits per heavy atom. The predicted octanol–water partition coefficient (Wildman–Crippen LogP) is 5.63. The fraction of sp³-hybridized carbons (Fsp3) is 0.241. The summed E-state index contributed by atoms with van der Waals surface area (Å²) in [5.41, 5.74) is 2.69. The Kier molecular flexibility index (Phi) is 6.39. The first kappa shape index (κ1) is 24.1. The molecule has 1 aliphatic rings. The molecule has 1 fully saturated rings. The molecule has 0 radical (unpaired) electrons. The summed E-state index contributed by atoms with van der Waals surface area (Å²) >= 11 is 0. The third-order valence-corrected chi connectivity index (χ3v) is 6.21. The number of Topliss-reactive ketones (excluding diaryl/α,β-unsaturated/α-hetero) is 1. The number of aliphatic hydroxyl groups excluding tert-OH is 1. The Labute approximate surface area is 205 Å². The molecule has 180 valence electrons. The monoisotopic (exact) mass is 471 g/mol. The standard InChI is InChI=1S/C29H29NO5/c1-29(2,3)20-14-12-18(13-15-20)25-24(26(31)19-8-6-10-22(16-19)34-4)27(32)28(33)30(25)21-9-7-11-23(17-21)35-5/h6-17,25,31H,1-5H3/b26-24+. The summed E-state index contributed by atoms with van der Waals surface area (Å²) in [7, 11) is 3.07. The van der Waals surface area contributed by atoms with Crippen molar-refractivity contribution in [3.63, 3.8) is 0 Å². The van der Waals surface area contributed by atoms with Gasteiger partial charge in [0.1, 0.15) is 17.3 Å². The molecule has 0 aromatic heterocycles. The molecule has 4 rings (SSSR count). The van der Waals surface area contributed by atoms with Crippen LogP contribution in [0.5, 0.6) is 11.5 Å². The summed E-state index contributed by atoms with van der Waals surface area (Å²) in [6.45, 7) is 6.35. The summed E-state index contributed by atoms with van der Waals surface area (Å²) < 4.78 is 10.6. The van der Waals surface area contributed by atoms with Crippen LogP contribution in [0.4, 0.5) is 5.69 Å². The maximum atomic E-state index is 13.4. The van der Waals surface area contributed by atoms with Crippen LogP contribution < -0.4 is 14.4 Å². The van der Waals surface area contributed by atoms with Crippen molar-refractivity contribution in [2.75, 3.05) is 19.1 Å². The minimum absolute atomic E-state index is 0.0228. The number of ether oxygens (including phenoxy) is 2. The van der Waals surface area contributed by atoms with E-state index in [1.807, 2.05) is 24.3 Å². The zero-order valence-corrected chi connectivity index (χ0v) is 20.5. The summed E-state index contributed by atoms with van der Waals surface area (Å²) in [6, 6.07) is 20.7. The lowest BCUT2D eigenvalue weighted by atomic mass is 9.85. The van der Waals surface area contributed by atoms with Gasteiger partial charge in [0, 0.05) is 17.3 Å². The summed E-state index contributed by atoms with van der Waals surface area (Å²) in [5, 5.41) is 11.3. The molecule has 0 bridgehead atoms. The zero-order chi connectivity index (χ0) is 25.3. The van der Waals surface area contributed by atoms with Gasteiger partial charge in [0.05, 0.1) is 25.8 Å². The Morgan fingerprint density at radius 3 is 2.06 bits per heavy atom. The van der Waals surface area contributed by atoms with Gasteiger partial charge < -0.3 is 14.6 Å². The molecule has 1 amide bonds. The van der Waals surface area contributed by atoms with Crippen LogP contribution in [0.3, 0.4) is 0 Å². The van der Waals surface area contributed by atoms with E-state index in [1.165, 1.54) is 12.0 Å². The average molecular weight is 472 g/mol. The van der Waals surface area contributed by atoms with Crippen LogP contribution in [-0.4, -0.2) is 31.0 Å². The van der Waals surface area contributed by atoms with Gasteiger partial charge in [0.15, 0.2) is 0 Å². The zero-order valence-electron chi connectivity index (χ0n) is 20.5. The molecule has 3 aromatic rings. The molecule has 1 unspecified atom stereocenters. The lowest BCUT2D eigenvalue weighted by molar-refractivity contribution is -0.132. The van der Waals surface area contributed by atoms with E-state index in [9.17, 15) is 14.7 Å². The van der Waals surface area contributed by atoms with Gasteiger partial charge in [-0.3, -0.25) is 14.5 Å². The molecule has 6 heteroatoms. The summed E-state index contributed by atoms with van der Waals surface area (Å²) in [4.78, 5) is 28.1. The number of anilines is 1. The van der Waals surface area contributed by atoms with Crippen molar-refractivity contribution >= 4 is 23.1 Å². The molecule has 1 N–H and O–H groups in total. The van der Waals surface area contributed by atoms with E-state index in [1.54, 1.807) is 55.6 Å². The third kappa shape index (κ3) is 4.52. The van der Waals surface area contributed by atoms with Crippen LogP contribution in [0.1, 0.15) is 43.5 Å². The Morgan fingerprint density at radius 1 is 0.857 bits per heavy atom. The van der Waals surface area contributed by atoms with Crippen molar-refractivity contribution in [2.24, 2.45) is 0 Å². The molecule has 0 spiro atoms. The molecule has 0 saturated carbocycles. The first-order valence-corrected chi connectivity index (χ1v) is 11.4. The highest BCUT2D eigenvalue weighted by Gasteiger charge is 2.47. The van der Waals surface area contributed by atoms with Crippen molar-refractivity contribution in [3.8, 4) is 11.5 Å². The fourth-order valence-corrected chi connectivity index (χ4v) is 4.27. The Balaban J connectivity index is 1.93. The maximum absolute atomic E-state index is 13.4. The molecule has 1 heterocycles. The second kappa shape index (κ2) is 9.29. The first-order chi connectivity index (χ1) is 16.7. The normalized spacial score (nSPS) is 17.5. The van der Waals surface area contributed by atoms with Crippen molar-refractivity contribution in [3.05, 3.63) is 95.1 Å². The van der Waals surface area contributed by atoms with Gasteiger partial charge >= 0.3 is 0 Å². The van der Waals surface area contributed by atoms with Crippen LogP contribution in [0.2, 0.25) is 0 Å². The largest absolute Gasteiger partial charge is 0.507 e. The quantitative estimate of drug-likeness (QED) is 0.297. The highest BCUT2D eigenvalue weighted by atomic mass is 16.5. The number of carbonyl (C=O) groups is 2. The topological polar surface area (TPSA) is 76.1 Å². The predicted molar refractivity (Wildman–Crippen MR) is 136 cm³/mol. The van der Waals surface area contributed by atoms with Gasteiger partial charge in [-0.2, -0.15) is 0 Å². The SMILES string of the molecule is COc1cccc(/C(O)=C2\C(=O)C(=O)N(c3cccc(OC)c3)C2c2ccc(C(C)(C)C)cc2)c1. The van der Waals surface area contributed by atoms with Crippen LogP contribution in [0.15, 0.2) is 78.4 Å². The number of methoxy groups -OCH3 is 2. The van der Waals surface area contributed by atoms with Gasteiger partial charge in [0.25, 0.3) is 11.7 Å². The number of nitrogens with zero attached hydrogens (tertiary/aromatic N) is 1. The van der Waals surface area contributed by atoms with Gasteiger partial charge in [0.2, 0.25) is 0 Å².